The van der Waals surface area contributed by atoms with Gasteiger partial charge in [0.25, 0.3) is 0 Å². The van der Waals surface area contributed by atoms with Gasteiger partial charge in [-0.3, -0.25) is 4.79 Å². The summed E-state index contributed by atoms with van der Waals surface area (Å²) in [5.74, 6) is -0.693. The second kappa shape index (κ2) is 6.72. The number of carbonyl (C=O) groups excluding carboxylic acids is 1. The zero-order valence-electron chi connectivity index (χ0n) is 12.4. The van der Waals surface area contributed by atoms with Gasteiger partial charge in [0.05, 0.1) is 5.56 Å². The molecule has 114 valence electrons. The molecule has 1 heterocycles. The molecule has 1 aromatic rings. The Morgan fingerprint density at radius 2 is 1.90 bits per heavy atom. The van der Waals surface area contributed by atoms with Crippen molar-refractivity contribution in [1.82, 2.24) is 0 Å². The first kappa shape index (κ1) is 15.5. The molecule has 2 rings (SSSR count). The molecule has 5 heteroatoms. The minimum atomic E-state index is -0.979. The molecule has 1 aliphatic rings. The maximum Gasteiger partial charge on any atom is 0.336 e. The van der Waals surface area contributed by atoms with E-state index >= 15 is 0 Å². The van der Waals surface area contributed by atoms with Crippen molar-refractivity contribution in [2.45, 2.75) is 33.1 Å². The number of hydrogen-bond acceptors (Lipinski definition) is 3. The van der Waals surface area contributed by atoms with E-state index in [1.165, 1.54) is 6.07 Å². The molecule has 0 saturated carbocycles. The lowest BCUT2D eigenvalue weighted by atomic mass is 9.96. The third-order valence-corrected chi connectivity index (χ3v) is 3.89. The van der Waals surface area contributed by atoms with Crippen LogP contribution in [-0.4, -0.2) is 30.2 Å². The van der Waals surface area contributed by atoms with Crippen LogP contribution in [0.3, 0.4) is 0 Å². The minimum absolute atomic E-state index is 0.0646. The van der Waals surface area contributed by atoms with Gasteiger partial charge in [-0.2, -0.15) is 0 Å². The third kappa shape index (κ3) is 4.04. The van der Waals surface area contributed by atoms with Crippen molar-refractivity contribution in [2.75, 3.05) is 18.5 Å². The van der Waals surface area contributed by atoms with E-state index in [2.05, 4.69) is 5.32 Å². The van der Waals surface area contributed by atoms with Crippen LogP contribution in [0, 0.1) is 19.8 Å². The van der Waals surface area contributed by atoms with Gasteiger partial charge in [-0.25, -0.2) is 4.79 Å². The summed E-state index contributed by atoms with van der Waals surface area (Å²) in [6, 6.07) is 3.32. The monoisotopic (exact) mass is 291 g/mol. The molecule has 0 unspecified atom stereocenters. The molecule has 1 saturated heterocycles. The summed E-state index contributed by atoms with van der Waals surface area (Å²) in [6.45, 7) is 5.04. The number of benzene rings is 1. The van der Waals surface area contributed by atoms with Crippen molar-refractivity contribution in [3.8, 4) is 0 Å². The highest BCUT2D eigenvalue weighted by molar-refractivity contribution is 5.95. The van der Waals surface area contributed by atoms with E-state index in [4.69, 9.17) is 9.84 Å². The zero-order chi connectivity index (χ0) is 15.4. The number of anilines is 1. The van der Waals surface area contributed by atoms with Crippen LogP contribution in [0.5, 0.6) is 0 Å². The Balaban J connectivity index is 2.06. The number of aromatic carboxylic acids is 1. The van der Waals surface area contributed by atoms with E-state index in [1.807, 2.05) is 6.92 Å². The van der Waals surface area contributed by atoms with Crippen LogP contribution in [0.1, 0.15) is 40.7 Å². The molecule has 0 bridgehead atoms. The van der Waals surface area contributed by atoms with Gasteiger partial charge < -0.3 is 15.2 Å². The van der Waals surface area contributed by atoms with Crippen molar-refractivity contribution in [3.63, 3.8) is 0 Å². The Morgan fingerprint density at radius 3 is 2.52 bits per heavy atom. The summed E-state index contributed by atoms with van der Waals surface area (Å²) >= 11 is 0. The summed E-state index contributed by atoms with van der Waals surface area (Å²) in [6.07, 6.45) is 2.26. The molecule has 1 aliphatic heterocycles. The topological polar surface area (TPSA) is 75.6 Å². The van der Waals surface area contributed by atoms with Crippen LogP contribution in [-0.2, 0) is 9.53 Å². The van der Waals surface area contributed by atoms with Gasteiger partial charge in [-0.05, 0) is 49.8 Å². The number of aryl methyl sites for hydroxylation is 2. The fourth-order valence-corrected chi connectivity index (χ4v) is 2.63. The van der Waals surface area contributed by atoms with E-state index in [0.29, 0.717) is 36.8 Å². The van der Waals surface area contributed by atoms with Crippen LogP contribution in [0.15, 0.2) is 12.1 Å². The predicted octanol–water partition coefficient (Wildman–Crippen LogP) is 2.76. The number of rotatable bonds is 4. The SMILES string of the molecule is Cc1cc(C)c(C(=O)O)cc1NC(=O)CC1CCOCC1. The molecule has 0 radical (unpaired) electrons. The summed E-state index contributed by atoms with van der Waals surface area (Å²) in [4.78, 5) is 23.3. The summed E-state index contributed by atoms with van der Waals surface area (Å²) < 4.78 is 5.28. The first-order valence-electron chi connectivity index (χ1n) is 7.19. The van der Waals surface area contributed by atoms with Crippen molar-refractivity contribution < 1.29 is 19.4 Å². The van der Waals surface area contributed by atoms with Crippen LogP contribution in [0.25, 0.3) is 0 Å². The van der Waals surface area contributed by atoms with Crippen LogP contribution >= 0.6 is 0 Å². The maximum absolute atomic E-state index is 12.1. The molecule has 0 aromatic heterocycles. The maximum atomic E-state index is 12.1. The highest BCUT2D eigenvalue weighted by atomic mass is 16.5. The van der Waals surface area contributed by atoms with E-state index in [-0.39, 0.29) is 11.5 Å². The lowest BCUT2D eigenvalue weighted by molar-refractivity contribution is -0.117. The highest BCUT2D eigenvalue weighted by Gasteiger charge is 2.18. The summed E-state index contributed by atoms with van der Waals surface area (Å²) in [5.41, 5.74) is 2.37. The number of hydrogen-bond donors (Lipinski definition) is 2. The normalized spacial score (nSPS) is 15.7. The Kier molecular flexibility index (Phi) is 4.96. The number of carbonyl (C=O) groups is 2. The molecule has 0 aliphatic carbocycles. The minimum Gasteiger partial charge on any atom is -0.478 e. The van der Waals surface area contributed by atoms with E-state index in [0.717, 1.165) is 18.4 Å². The first-order valence-corrected chi connectivity index (χ1v) is 7.19. The lowest BCUT2D eigenvalue weighted by Crippen LogP contribution is -2.22. The summed E-state index contributed by atoms with van der Waals surface area (Å²) in [7, 11) is 0. The van der Waals surface area contributed by atoms with Gasteiger partial charge in [-0.1, -0.05) is 6.07 Å². The number of nitrogens with one attached hydrogen (secondary N) is 1. The number of ether oxygens (including phenoxy) is 1. The quantitative estimate of drug-likeness (QED) is 0.894. The lowest BCUT2D eigenvalue weighted by Gasteiger charge is -2.21. The third-order valence-electron chi connectivity index (χ3n) is 3.89. The summed E-state index contributed by atoms with van der Waals surface area (Å²) in [5, 5.41) is 12.0. The Morgan fingerprint density at radius 1 is 1.24 bits per heavy atom. The van der Waals surface area contributed by atoms with E-state index < -0.39 is 5.97 Å². The van der Waals surface area contributed by atoms with Gasteiger partial charge in [0, 0.05) is 25.3 Å². The van der Waals surface area contributed by atoms with Gasteiger partial charge >= 0.3 is 5.97 Å². The van der Waals surface area contributed by atoms with E-state index in [1.54, 1.807) is 13.0 Å². The van der Waals surface area contributed by atoms with Crippen molar-refractivity contribution in [1.29, 1.82) is 0 Å². The van der Waals surface area contributed by atoms with E-state index in [9.17, 15) is 9.59 Å². The van der Waals surface area contributed by atoms with Crippen molar-refractivity contribution >= 4 is 17.6 Å². The van der Waals surface area contributed by atoms with Gasteiger partial charge in [-0.15, -0.1) is 0 Å². The van der Waals surface area contributed by atoms with Gasteiger partial charge in [0.15, 0.2) is 0 Å². The zero-order valence-corrected chi connectivity index (χ0v) is 12.4. The van der Waals surface area contributed by atoms with Crippen molar-refractivity contribution in [2.24, 2.45) is 5.92 Å². The van der Waals surface area contributed by atoms with Crippen LogP contribution in [0.4, 0.5) is 5.69 Å². The number of amides is 1. The molecule has 1 amide bonds. The van der Waals surface area contributed by atoms with Gasteiger partial charge in [0.2, 0.25) is 5.91 Å². The molecule has 21 heavy (non-hydrogen) atoms. The standard InChI is InChI=1S/C16H21NO4/c1-10-7-11(2)14(9-13(10)16(19)20)17-15(18)8-12-3-5-21-6-4-12/h7,9,12H,3-6,8H2,1-2H3,(H,17,18)(H,19,20). The Hall–Kier alpha value is -1.88. The molecule has 1 aromatic carbocycles. The first-order chi connectivity index (χ1) is 9.97. The molecule has 0 atom stereocenters. The van der Waals surface area contributed by atoms with Gasteiger partial charge in [0.1, 0.15) is 0 Å². The number of carboxylic acid groups (broad SMARTS) is 1. The van der Waals surface area contributed by atoms with Crippen LogP contribution < -0.4 is 5.32 Å². The smallest absolute Gasteiger partial charge is 0.336 e. The average Bonchev–Trinajstić information content (AvgIpc) is 2.42. The average molecular weight is 291 g/mol. The second-order valence-electron chi connectivity index (χ2n) is 5.60. The molecule has 2 N–H and O–H groups in total. The number of carboxylic acids is 1. The highest BCUT2D eigenvalue weighted by Crippen LogP contribution is 2.23. The fraction of sp³-hybridized carbons (Fsp3) is 0.500. The molecule has 0 spiro atoms. The largest absolute Gasteiger partial charge is 0.478 e. The molecule has 5 nitrogen and oxygen atoms in total. The second-order valence-corrected chi connectivity index (χ2v) is 5.60. The molecular weight excluding hydrogens is 270 g/mol. The molecule has 1 fully saturated rings. The predicted molar refractivity (Wildman–Crippen MR) is 79.7 cm³/mol. The van der Waals surface area contributed by atoms with Crippen LogP contribution in [0.2, 0.25) is 0 Å². The fourth-order valence-electron chi connectivity index (χ4n) is 2.63. The molecular formula is C16H21NO4. The Bertz CT molecular complexity index is 547. The van der Waals surface area contributed by atoms with Crippen molar-refractivity contribution in [3.05, 3.63) is 28.8 Å². The Labute approximate surface area is 124 Å².